The molecule has 1 aliphatic carbocycles. The topological polar surface area (TPSA) is 157 Å². The molecule has 2 aromatic rings. The summed E-state index contributed by atoms with van der Waals surface area (Å²) in [5.41, 5.74) is 0.954. The van der Waals surface area contributed by atoms with E-state index < -0.39 is 36.7 Å². The summed E-state index contributed by atoms with van der Waals surface area (Å²) in [6, 6.07) is 15.3. The van der Waals surface area contributed by atoms with E-state index in [1.165, 1.54) is 0 Å². The zero-order valence-electron chi connectivity index (χ0n) is 15.9. The quantitative estimate of drug-likeness (QED) is 0.248. The van der Waals surface area contributed by atoms with Crippen molar-refractivity contribution in [1.29, 1.82) is 0 Å². The van der Waals surface area contributed by atoms with Crippen molar-refractivity contribution in [3.8, 4) is 11.1 Å². The lowest BCUT2D eigenvalue weighted by atomic mass is 9.96. The lowest BCUT2D eigenvalue weighted by Gasteiger charge is -2.36. The van der Waals surface area contributed by atoms with Crippen LogP contribution in [0.15, 0.2) is 48.5 Å². The zero-order valence-corrected chi connectivity index (χ0v) is 15.9. The number of aliphatic hydroxyl groups excluding tert-OH is 4. The van der Waals surface area contributed by atoms with E-state index in [0.717, 1.165) is 22.3 Å². The van der Waals surface area contributed by atoms with Crippen molar-refractivity contribution in [1.82, 2.24) is 5.32 Å². The van der Waals surface area contributed by atoms with Crippen LogP contribution < -0.4 is 5.32 Å². The number of benzene rings is 2. The average molecular weight is 417 g/mol. The Morgan fingerprint density at radius 1 is 1.07 bits per heavy atom. The van der Waals surface area contributed by atoms with E-state index in [9.17, 15) is 30.0 Å². The summed E-state index contributed by atoms with van der Waals surface area (Å²) < 4.78 is 5.20. The van der Waals surface area contributed by atoms with Gasteiger partial charge in [-0.1, -0.05) is 48.5 Å². The van der Waals surface area contributed by atoms with E-state index in [1.807, 2.05) is 53.8 Å². The van der Waals surface area contributed by atoms with E-state index in [0.29, 0.717) is 0 Å². The molecule has 0 saturated carbocycles. The second-order valence-electron chi connectivity index (χ2n) is 7.05. The predicted molar refractivity (Wildman–Crippen MR) is 104 cm³/mol. The van der Waals surface area contributed by atoms with Crippen molar-refractivity contribution >= 4 is 12.4 Å². The zero-order chi connectivity index (χ0) is 21.9. The maximum atomic E-state index is 12.3. The number of carbonyl (C=O) groups is 2. The first-order chi connectivity index (χ1) is 14.3. The number of amides is 1. The number of aliphatic hydroxyl groups is 5. The molecular weight excluding hydrogens is 394 g/mol. The molecule has 4 atom stereocenters. The smallest absolute Gasteiger partial charge is 0.409 e. The predicted octanol–water partition coefficient (Wildman–Crippen LogP) is -0.512. The molecular formula is C21H23NO8. The summed E-state index contributed by atoms with van der Waals surface area (Å²) in [7, 11) is 0. The van der Waals surface area contributed by atoms with E-state index in [1.54, 1.807) is 0 Å². The van der Waals surface area contributed by atoms with Gasteiger partial charge in [-0.15, -0.1) is 0 Å². The van der Waals surface area contributed by atoms with Crippen molar-refractivity contribution in [3.63, 3.8) is 0 Å². The van der Waals surface area contributed by atoms with Gasteiger partial charge in [-0.2, -0.15) is 0 Å². The summed E-state index contributed by atoms with van der Waals surface area (Å²) in [4.78, 5) is 23.2. The molecule has 0 radical (unpaired) electrons. The molecule has 0 aliphatic heterocycles. The minimum atomic E-state index is -2.97. The summed E-state index contributed by atoms with van der Waals surface area (Å²) in [5, 5.41) is 50.5. The molecule has 0 spiro atoms. The van der Waals surface area contributed by atoms with Gasteiger partial charge in [0, 0.05) is 5.92 Å². The fourth-order valence-electron chi connectivity index (χ4n) is 3.62. The Hall–Kier alpha value is -2.82. The van der Waals surface area contributed by atoms with Crippen LogP contribution in [0.25, 0.3) is 11.1 Å². The van der Waals surface area contributed by atoms with Gasteiger partial charge >= 0.3 is 6.09 Å². The highest BCUT2D eigenvalue weighted by molar-refractivity contribution is 5.79. The monoisotopic (exact) mass is 417 g/mol. The summed E-state index contributed by atoms with van der Waals surface area (Å²) >= 11 is 0. The van der Waals surface area contributed by atoms with Gasteiger partial charge < -0.3 is 35.1 Å². The number of nitrogens with one attached hydrogen (secondary N) is 1. The molecule has 2 aromatic carbocycles. The Kier molecular flexibility index (Phi) is 6.49. The van der Waals surface area contributed by atoms with Crippen molar-refractivity contribution < 1.29 is 39.9 Å². The van der Waals surface area contributed by atoms with E-state index >= 15 is 0 Å². The third kappa shape index (κ3) is 3.93. The number of hydrogen-bond donors (Lipinski definition) is 6. The van der Waals surface area contributed by atoms with Crippen LogP contribution >= 0.6 is 0 Å². The van der Waals surface area contributed by atoms with E-state index in [4.69, 9.17) is 9.84 Å². The van der Waals surface area contributed by atoms with Crippen LogP contribution in [0.5, 0.6) is 0 Å². The SMILES string of the molecule is O=C[C@H](O)[C@](O)(NC(=O)OCC1c2ccccc2-c2ccccc21)[C@H](O)[C@H](O)CO. The second kappa shape index (κ2) is 8.90. The number of fused-ring (bicyclic) bond motifs is 3. The number of ether oxygens (including phenoxy) is 1. The van der Waals surface area contributed by atoms with Gasteiger partial charge in [0.2, 0.25) is 5.72 Å². The van der Waals surface area contributed by atoms with Gasteiger partial charge in [0.25, 0.3) is 0 Å². The summed E-state index contributed by atoms with van der Waals surface area (Å²) in [6.45, 7) is -1.10. The third-order valence-corrected chi connectivity index (χ3v) is 5.23. The van der Waals surface area contributed by atoms with Gasteiger partial charge in [0.15, 0.2) is 12.4 Å². The Bertz CT molecular complexity index is 874. The number of rotatable bonds is 8. The fourth-order valence-corrected chi connectivity index (χ4v) is 3.62. The molecule has 160 valence electrons. The van der Waals surface area contributed by atoms with Crippen molar-refractivity contribution in [3.05, 3.63) is 59.7 Å². The molecule has 30 heavy (non-hydrogen) atoms. The second-order valence-corrected chi connectivity index (χ2v) is 7.05. The molecule has 0 heterocycles. The van der Waals surface area contributed by atoms with Gasteiger partial charge in [0.1, 0.15) is 18.8 Å². The Labute approximate surface area is 172 Å². The lowest BCUT2D eigenvalue weighted by molar-refractivity contribution is -0.191. The van der Waals surface area contributed by atoms with Gasteiger partial charge in [-0.3, -0.25) is 5.32 Å². The molecule has 3 rings (SSSR count). The molecule has 6 N–H and O–H groups in total. The first kappa shape index (κ1) is 21.9. The first-order valence-electron chi connectivity index (χ1n) is 9.29. The van der Waals surface area contributed by atoms with Crippen LogP contribution in [0, 0.1) is 0 Å². The first-order valence-corrected chi connectivity index (χ1v) is 9.29. The number of aldehydes is 1. The third-order valence-electron chi connectivity index (χ3n) is 5.23. The van der Waals surface area contributed by atoms with E-state index in [-0.39, 0.29) is 18.8 Å². The van der Waals surface area contributed by atoms with Crippen LogP contribution in [-0.4, -0.2) is 75.2 Å². The average Bonchev–Trinajstić information content (AvgIpc) is 3.09. The molecule has 9 nitrogen and oxygen atoms in total. The Morgan fingerprint density at radius 3 is 2.10 bits per heavy atom. The highest BCUT2D eigenvalue weighted by Crippen LogP contribution is 2.44. The maximum absolute atomic E-state index is 12.3. The van der Waals surface area contributed by atoms with Crippen LogP contribution in [0.4, 0.5) is 4.79 Å². The number of hydrogen-bond acceptors (Lipinski definition) is 8. The molecule has 1 amide bonds. The van der Waals surface area contributed by atoms with Crippen molar-refractivity contribution in [2.24, 2.45) is 0 Å². The van der Waals surface area contributed by atoms with Crippen LogP contribution in [0.2, 0.25) is 0 Å². The fraction of sp³-hybridized carbons (Fsp3) is 0.333. The van der Waals surface area contributed by atoms with Crippen molar-refractivity contribution in [2.75, 3.05) is 13.2 Å². The largest absolute Gasteiger partial charge is 0.448 e. The van der Waals surface area contributed by atoms with Gasteiger partial charge in [-0.05, 0) is 22.3 Å². The Balaban J connectivity index is 1.76. The molecule has 0 bridgehead atoms. The maximum Gasteiger partial charge on any atom is 0.409 e. The standard InChI is InChI=1S/C21H23NO8/c23-9-17(25)19(27)21(29,18(26)10-24)22-20(28)30-11-16-14-7-3-1-5-12(14)13-6-2-4-8-15(13)16/h1-8,10,16-19,23,25-27,29H,9,11H2,(H,22,28)/t17-,18+,19-,21-/m1/s1. The Morgan fingerprint density at radius 2 is 1.60 bits per heavy atom. The number of alkyl carbamates (subject to hydrolysis) is 1. The minimum absolute atomic E-state index is 0.119. The van der Waals surface area contributed by atoms with Gasteiger partial charge in [-0.25, -0.2) is 4.79 Å². The molecule has 0 saturated heterocycles. The molecule has 0 fully saturated rings. The minimum Gasteiger partial charge on any atom is -0.448 e. The summed E-state index contributed by atoms with van der Waals surface area (Å²) in [6.07, 6.45) is -7.84. The molecule has 0 aromatic heterocycles. The number of carbonyl (C=O) groups excluding carboxylic acids is 2. The van der Waals surface area contributed by atoms with Crippen LogP contribution in [0.3, 0.4) is 0 Å². The van der Waals surface area contributed by atoms with Crippen molar-refractivity contribution in [2.45, 2.75) is 30.0 Å². The van der Waals surface area contributed by atoms with Crippen LogP contribution in [0.1, 0.15) is 17.0 Å². The van der Waals surface area contributed by atoms with Crippen LogP contribution in [-0.2, 0) is 9.53 Å². The van der Waals surface area contributed by atoms with E-state index in [2.05, 4.69) is 0 Å². The molecule has 1 aliphatic rings. The molecule has 9 heteroatoms. The lowest BCUT2D eigenvalue weighted by Crippen LogP contribution is -2.67. The highest BCUT2D eigenvalue weighted by Gasteiger charge is 2.48. The summed E-state index contributed by atoms with van der Waals surface area (Å²) in [5.74, 6) is -0.278. The van der Waals surface area contributed by atoms with Gasteiger partial charge in [0.05, 0.1) is 6.61 Å². The highest BCUT2D eigenvalue weighted by atomic mass is 16.6. The normalized spacial score (nSPS) is 17.8. The molecule has 0 unspecified atom stereocenters.